The first-order valence-electron chi connectivity index (χ1n) is 7.59. The fourth-order valence-corrected chi connectivity index (χ4v) is 2.72. The Balaban J connectivity index is 1.94. The molecule has 0 radical (unpaired) electrons. The van der Waals surface area contributed by atoms with Crippen LogP contribution < -0.4 is 5.56 Å². The van der Waals surface area contributed by atoms with Crippen molar-refractivity contribution in [1.29, 1.82) is 0 Å². The molecule has 3 nitrogen and oxygen atoms in total. The molecule has 0 N–H and O–H groups in total. The van der Waals surface area contributed by atoms with Gasteiger partial charge in [0.15, 0.2) is 0 Å². The Kier molecular flexibility index (Phi) is 3.99. The maximum Gasteiger partial charge on any atom is 0.261 e. The number of halogens is 1. The fraction of sp³-hybridized carbons (Fsp3) is 0.263. The maximum atomic E-state index is 12.6. The van der Waals surface area contributed by atoms with Crippen LogP contribution in [0.3, 0.4) is 0 Å². The summed E-state index contributed by atoms with van der Waals surface area (Å²) in [5.74, 6) is 0. The van der Waals surface area contributed by atoms with Gasteiger partial charge in [0.2, 0.25) is 0 Å². The van der Waals surface area contributed by atoms with E-state index in [1.165, 1.54) is 5.56 Å². The molecular formula is C19H19ClN2O. The van der Waals surface area contributed by atoms with Crippen LogP contribution in [0.25, 0.3) is 10.9 Å². The SMILES string of the molecule is CC(C)(C)c1ccc(Cn2cnc3cc(Cl)ccc3c2=O)cc1. The van der Waals surface area contributed by atoms with E-state index in [0.29, 0.717) is 22.5 Å². The summed E-state index contributed by atoms with van der Waals surface area (Å²) in [4.78, 5) is 16.9. The average molecular weight is 327 g/mol. The van der Waals surface area contributed by atoms with Crippen molar-refractivity contribution in [1.82, 2.24) is 9.55 Å². The molecule has 0 bridgehead atoms. The van der Waals surface area contributed by atoms with Gasteiger partial charge in [-0.25, -0.2) is 4.98 Å². The molecule has 0 saturated heterocycles. The molecule has 0 spiro atoms. The van der Waals surface area contributed by atoms with Crippen molar-refractivity contribution >= 4 is 22.5 Å². The molecule has 0 fully saturated rings. The number of aromatic nitrogens is 2. The van der Waals surface area contributed by atoms with Crippen molar-refractivity contribution in [3.05, 3.63) is 75.3 Å². The number of fused-ring (bicyclic) bond motifs is 1. The van der Waals surface area contributed by atoms with E-state index in [-0.39, 0.29) is 11.0 Å². The molecule has 0 amide bonds. The minimum Gasteiger partial charge on any atom is -0.294 e. The number of nitrogens with zero attached hydrogens (tertiary/aromatic N) is 2. The van der Waals surface area contributed by atoms with Crippen LogP contribution in [-0.2, 0) is 12.0 Å². The molecule has 4 heteroatoms. The second-order valence-electron chi connectivity index (χ2n) is 6.79. The summed E-state index contributed by atoms with van der Waals surface area (Å²) < 4.78 is 1.63. The molecule has 3 aromatic rings. The third-order valence-corrected chi connectivity index (χ3v) is 4.20. The summed E-state index contributed by atoms with van der Waals surface area (Å²) in [5.41, 5.74) is 3.06. The second kappa shape index (κ2) is 5.82. The summed E-state index contributed by atoms with van der Waals surface area (Å²) in [5, 5.41) is 1.17. The van der Waals surface area contributed by atoms with Crippen LogP contribution in [0.2, 0.25) is 5.02 Å². The molecule has 1 aromatic heterocycles. The van der Waals surface area contributed by atoms with Crippen LogP contribution in [-0.4, -0.2) is 9.55 Å². The lowest BCUT2D eigenvalue weighted by atomic mass is 9.87. The quantitative estimate of drug-likeness (QED) is 0.699. The van der Waals surface area contributed by atoms with Gasteiger partial charge in [0.25, 0.3) is 5.56 Å². The van der Waals surface area contributed by atoms with Crippen LogP contribution in [0.15, 0.2) is 53.6 Å². The van der Waals surface area contributed by atoms with Crippen LogP contribution >= 0.6 is 11.6 Å². The molecule has 3 rings (SSSR count). The highest BCUT2D eigenvalue weighted by Gasteiger charge is 2.13. The Hall–Kier alpha value is -2.13. The summed E-state index contributed by atoms with van der Waals surface area (Å²) in [7, 11) is 0. The van der Waals surface area contributed by atoms with Crippen LogP contribution in [0.5, 0.6) is 0 Å². The Morgan fingerprint density at radius 3 is 2.43 bits per heavy atom. The Morgan fingerprint density at radius 1 is 1.09 bits per heavy atom. The lowest BCUT2D eigenvalue weighted by molar-refractivity contribution is 0.589. The number of rotatable bonds is 2. The zero-order valence-electron chi connectivity index (χ0n) is 13.5. The molecule has 0 aliphatic carbocycles. The molecule has 23 heavy (non-hydrogen) atoms. The second-order valence-corrected chi connectivity index (χ2v) is 7.22. The van der Waals surface area contributed by atoms with E-state index in [1.54, 1.807) is 29.1 Å². The molecule has 0 aliphatic heterocycles. The largest absolute Gasteiger partial charge is 0.294 e. The molecule has 0 saturated carbocycles. The lowest BCUT2D eigenvalue weighted by Crippen LogP contribution is -2.21. The van der Waals surface area contributed by atoms with E-state index in [9.17, 15) is 4.79 Å². The van der Waals surface area contributed by atoms with Gasteiger partial charge in [-0.2, -0.15) is 0 Å². The smallest absolute Gasteiger partial charge is 0.261 e. The Bertz CT molecular complexity index is 905. The Labute approximate surface area is 140 Å². The van der Waals surface area contributed by atoms with Crippen molar-refractivity contribution < 1.29 is 0 Å². The van der Waals surface area contributed by atoms with Gasteiger partial charge in [0, 0.05) is 5.02 Å². The summed E-state index contributed by atoms with van der Waals surface area (Å²) in [6.45, 7) is 7.06. The van der Waals surface area contributed by atoms with Crippen molar-refractivity contribution in [2.75, 3.05) is 0 Å². The zero-order chi connectivity index (χ0) is 16.6. The molecule has 118 valence electrons. The number of benzene rings is 2. The van der Waals surface area contributed by atoms with Gasteiger partial charge < -0.3 is 0 Å². The lowest BCUT2D eigenvalue weighted by Gasteiger charge is -2.19. The molecule has 2 aromatic carbocycles. The highest BCUT2D eigenvalue weighted by Crippen LogP contribution is 2.22. The van der Waals surface area contributed by atoms with E-state index in [4.69, 9.17) is 11.6 Å². The van der Waals surface area contributed by atoms with Gasteiger partial charge in [-0.1, -0.05) is 56.6 Å². The van der Waals surface area contributed by atoms with Gasteiger partial charge in [-0.05, 0) is 34.7 Å². The summed E-state index contributed by atoms with van der Waals surface area (Å²) in [6.07, 6.45) is 1.58. The van der Waals surface area contributed by atoms with E-state index < -0.39 is 0 Å². The van der Waals surface area contributed by atoms with Crippen LogP contribution in [0.1, 0.15) is 31.9 Å². The molecule has 0 unspecified atom stereocenters. The standard InChI is InChI=1S/C19H19ClN2O/c1-19(2,3)14-6-4-13(5-7-14)11-22-12-21-17-10-15(20)8-9-16(17)18(22)23/h4-10,12H,11H2,1-3H3. The zero-order valence-corrected chi connectivity index (χ0v) is 14.3. The van der Waals surface area contributed by atoms with Crippen LogP contribution in [0.4, 0.5) is 0 Å². The first-order valence-corrected chi connectivity index (χ1v) is 7.96. The first kappa shape index (κ1) is 15.8. The third-order valence-electron chi connectivity index (χ3n) is 3.96. The van der Waals surface area contributed by atoms with Crippen LogP contribution in [0, 0.1) is 0 Å². The number of hydrogen-bond acceptors (Lipinski definition) is 2. The van der Waals surface area contributed by atoms with Gasteiger partial charge in [0.05, 0.1) is 23.8 Å². The molecule has 0 atom stereocenters. The third kappa shape index (κ3) is 3.30. The van der Waals surface area contributed by atoms with E-state index in [1.807, 2.05) is 0 Å². The van der Waals surface area contributed by atoms with E-state index in [0.717, 1.165) is 5.56 Å². The monoisotopic (exact) mass is 326 g/mol. The predicted molar refractivity (Wildman–Crippen MR) is 95.3 cm³/mol. The minimum absolute atomic E-state index is 0.0495. The highest BCUT2D eigenvalue weighted by atomic mass is 35.5. The van der Waals surface area contributed by atoms with E-state index in [2.05, 4.69) is 50.0 Å². The fourth-order valence-electron chi connectivity index (χ4n) is 2.55. The maximum absolute atomic E-state index is 12.6. The van der Waals surface area contributed by atoms with Crippen molar-refractivity contribution in [2.24, 2.45) is 0 Å². The highest BCUT2D eigenvalue weighted by molar-refractivity contribution is 6.31. The topological polar surface area (TPSA) is 34.9 Å². The van der Waals surface area contributed by atoms with E-state index >= 15 is 0 Å². The normalized spacial score (nSPS) is 11.8. The average Bonchev–Trinajstić information content (AvgIpc) is 2.50. The summed E-state index contributed by atoms with van der Waals surface area (Å²) in [6, 6.07) is 13.5. The molecular weight excluding hydrogens is 308 g/mol. The molecule has 1 heterocycles. The van der Waals surface area contributed by atoms with Gasteiger partial charge >= 0.3 is 0 Å². The van der Waals surface area contributed by atoms with Gasteiger partial charge in [-0.15, -0.1) is 0 Å². The molecule has 0 aliphatic rings. The van der Waals surface area contributed by atoms with Crippen molar-refractivity contribution in [3.63, 3.8) is 0 Å². The van der Waals surface area contributed by atoms with Crippen molar-refractivity contribution in [3.8, 4) is 0 Å². The Morgan fingerprint density at radius 2 is 1.78 bits per heavy atom. The minimum atomic E-state index is -0.0495. The predicted octanol–water partition coefficient (Wildman–Crippen LogP) is 4.40. The van der Waals surface area contributed by atoms with Gasteiger partial charge in [0.1, 0.15) is 0 Å². The van der Waals surface area contributed by atoms with Gasteiger partial charge in [-0.3, -0.25) is 9.36 Å². The first-order chi connectivity index (χ1) is 10.8. The van der Waals surface area contributed by atoms with Crippen molar-refractivity contribution in [2.45, 2.75) is 32.7 Å². The summed E-state index contributed by atoms with van der Waals surface area (Å²) >= 11 is 5.94. The number of hydrogen-bond donors (Lipinski definition) is 0.